The zero-order valence-corrected chi connectivity index (χ0v) is 12.8. The minimum atomic E-state index is -0.400. The molecular weight excluding hydrogens is 310 g/mol. The molecule has 1 atom stereocenters. The number of methoxy groups -OCH3 is 1. The highest BCUT2D eigenvalue weighted by Gasteiger charge is 2.45. The molecule has 2 N–H and O–H groups in total. The molecule has 0 saturated heterocycles. The Labute approximate surface area is 137 Å². The van der Waals surface area contributed by atoms with Crippen molar-refractivity contribution in [2.24, 2.45) is 20.8 Å². The van der Waals surface area contributed by atoms with Crippen LogP contribution in [-0.2, 0) is 0 Å². The summed E-state index contributed by atoms with van der Waals surface area (Å²) in [6.45, 7) is 0. The van der Waals surface area contributed by atoms with E-state index in [9.17, 15) is 0 Å². The number of fused-ring (bicyclic) bond motifs is 1. The maximum absolute atomic E-state index is 5.98. The summed E-state index contributed by atoms with van der Waals surface area (Å²) < 4.78 is 10.1. The maximum atomic E-state index is 5.98. The quantitative estimate of drug-likeness (QED) is 0.870. The molecule has 3 heterocycles. The highest BCUT2D eigenvalue weighted by molar-refractivity contribution is 6.03. The van der Waals surface area contributed by atoms with Crippen molar-refractivity contribution in [3.8, 4) is 11.5 Å². The standard InChI is InChI=1S/C16H14N5O3/c1-22-11-4-2-5-12(8-11)24-21-10-18-16(13-6-3-7-23-13)19-15(21)9-14(17)20-21/h2-10H,1H3,(H2,17,20)/q+1. The minimum Gasteiger partial charge on any atom is -0.497 e. The number of nitrogens with two attached hydrogens (primary N) is 1. The Bertz CT molecular complexity index is 898. The highest BCUT2D eigenvalue weighted by atomic mass is 16.8. The Morgan fingerprint density at radius 2 is 2.04 bits per heavy atom. The number of hydrogen-bond donors (Lipinski definition) is 1. The summed E-state index contributed by atoms with van der Waals surface area (Å²) >= 11 is 0. The highest BCUT2D eigenvalue weighted by Crippen LogP contribution is 2.31. The van der Waals surface area contributed by atoms with E-state index in [1.54, 1.807) is 43.7 Å². The van der Waals surface area contributed by atoms with Gasteiger partial charge in [-0.25, -0.2) is 0 Å². The summed E-state index contributed by atoms with van der Waals surface area (Å²) in [7, 11) is 1.59. The van der Waals surface area contributed by atoms with Crippen LogP contribution >= 0.6 is 0 Å². The Balaban J connectivity index is 1.69. The summed E-state index contributed by atoms with van der Waals surface area (Å²) in [6.07, 6.45) is 4.70. The normalized spacial score (nSPS) is 21.6. The first-order chi connectivity index (χ1) is 11.7. The molecule has 8 nitrogen and oxygen atoms in total. The largest absolute Gasteiger partial charge is 0.497 e. The second-order valence-corrected chi connectivity index (χ2v) is 5.08. The molecule has 0 saturated carbocycles. The van der Waals surface area contributed by atoms with Gasteiger partial charge in [-0.3, -0.25) is 4.84 Å². The fourth-order valence-electron chi connectivity index (χ4n) is 2.37. The van der Waals surface area contributed by atoms with Crippen molar-refractivity contribution in [3.05, 3.63) is 60.3 Å². The third-order valence-corrected chi connectivity index (χ3v) is 3.45. The molecule has 1 unspecified atom stereocenters. The number of rotatable bonds is 4. The number of furan rings is 1. The van der Waals surface area contributed by atoms with E-state index in [1.807, 2.05) is 12.1 Å². The van der Waals surface area contributed by atoms with Gasteiger partial charge in [0.1, 0.15) is 5.75 Å². The average molecular weight is 324 g/mol. The van der Waals surface area contributed by atoms with Gasteiger partial charge in [-0.15, -0.1) is 0 Å². The third-order valence-electron chi connectivity index (χ3n) is 3.45. The van der Waals surface area contributed by atoms with Crippen LogP contribution in [0.15, 0.2) is 74.1 Å². The van der Waals surface area contributed by atoms with Crippen LogP contribution in [0.1, 0.15) is 5.76 Å². The number of benzene rings is 1. The Hall–Kier alpha value is -3.39. The Morgan fingerprint density at radius 3 is 2.83 bits per heavy atom. The predicted octanol–water partition coefficient (Wildman–Crippen LogP) is 2.01. The number of quaternary nitrogens is 1. The SMILES string of the molecule is COc1cccc(O[N+]23C=NC(c4ccco4)=NC2=CC(N)=N3)c1. The molecule has 0 aliphatic carbocycles. The van der Waals surface area contributed by atoms with Crippen LogP contribution in [0.5, 0.6) is 11.5 Å². The zero-order valence-electron chi connectivity index (χ0n) is 12.8. The van der Waals surface area contributed by atoms with Crippen molar-refractivity contribution < 1.29 is 18.7 Å². The van der Waals surface area contributed by atoms with Gasteiger partial charge in [-0.1, -0.05) is 6.07 Å². The molecule has 120 valence electrons. The first kappa shape index (κ1) is 14.2. The average Bonchev–Trinajstić information content (AvgIpc) is 3.21. The van der Waals surface area contributed by atoms with Gasteiger partial charge in [0.15, 0.2) is 17.3 Å². The van der Waals surface area contributed by atoms with Crippen molar-refractivity contribution in [3.63, 3.8) is 0 Å². The second-order valence-electron chi connectivity index (χ2n) is 5.08. The number of nitrogens with zero attached hydrogens (tertiary/aromatic N) is 4. The van der Waals surface area contributed by atoms with E-state index >= 15 is 0 Å². The van der Waals surface area contributed by atoms with E-state index in [1.165, 1.54) is 6.34 Å². The molecule has 24 heavy (non-hydrogen) atoms. The number of hydroxylamine groups is 2. The minimum absolute atomic E-state index is 0.295. The van der Waals surface area contributed by atoms with Crippen molar-refractivity contribution >= 4 is 18.0 Å². The molecule has 0 bridgehead atoms. The van der Waals surface area contributed by atoms with Crippen LogP contribution in [0.4, 0.5) is 0 Å². The molecule has 8 heteroatoms. The monoisotopic (exact) mass is 324 g/mol. The van der Waals surface area contributed by atoms with E-state index in [-0.39, 0.29) is 0 Å². The van der Waals surface area contributed by atoms with Crippen molar-refractivity contribution in [1.29, 1.82) is 0 Å². The van der Waals surface area contributed by atoms with Crippen molar-refractivity contribution in [2.75, 3.05) is 7.11 Å². The lowest BCUT2D eigenvalue weighted by atomic mass is 10.3. The molecule has 1 aromatic heterocycles. The lowest BCUT2D eigenvalue weighted by molar-refractivity contribution is -0.973. The van der Waals surface area contributed by atoms with E-state index in [4.69, 9.17) is 19.7 Å². The Kier molecular flexibility index (Phi) is 3.17. The summed E-state index contributed by atoms with van der Waals surface area (Å²) in [5, 5.41) is 4.30. The van der Waals surface area contributed by atoms with Crippen LogP contribution in [0, 0.1) is 0 Å². The molecule has 0 fully saturated rings. The molecule has 2 aliphatic heterocycles. The van der Waals surface area contributed by atoms with Gasteiger partial charge in [-0.05, 0) is 29.4 Å². The van der Waals surface area contributed by atoms with Gasteiger partial charge in [-0.2, -0.15) is 9.98 Å². The van der Waals surface area contributed by atoms with Crippen molar-refractivity contribution in [1.82, 2.24) is 0 Å². The van der Waals surface area contributed by atoms with Gasteiger partial charge >= 0.3 is 5.82 Å². The second kappa shape index (κ2) is 5.36. The maximum Gasteiger partial charge on any atom is 0.310 e. The third kappa shape index (κ3) is 2.34. The summed E-state index contributed by atoms with van der Waals surface area (Å²) in [5.74, 6) is 2.97. The molecule has 0 amide bonds. The topological polar surface area (TPSA) is 94.7 Å². The lowest BCUT2D eigenvalue weighted by Gasteiger charge is -2.23. The fourth-order valence-corrected chi connectivity index (χ4v) is 2.37. The van der Waals surface area contributed by atoms with E-state index in [0.717, 1.165) is 0 Å². The van der Waals surface area contributed by atoms with Gasteiger partial charge < -0.3 is 14.9 Å². The van der Waals surface area contributed by atoms with Crippen molar-refractivity contribution in [2.45, 2.75) is 0 Å². The Morgan fingerprint density at radius 1 is 1.17 bits per heavy atom. The number of amidine groups is 2. The summed E-state index contributed by atoms with van der Waals surface area (Å²) in [6, 6.07) is 10.7. The van der Waals surface area contributed by atoms with Crippen LogP contribution in [-0.4, -0.2) is 29.9 Å². The van der Waals surface area contributed by atoms with E-state index in [0.29, 0.717) is 34.8 Å². The van der Waals surface area contributed by atoms with Gasteiger partial charge in [0.05, 0.1) is 24.2 Å². The zero-order chi connectivity index (χ0) is 16.6. The summed E-state index contributed by atoms with van der Waals surface area (Å²) in [4.78, 5) is 14.7. The lowest BCUT2D eigenvalue weighted by Crippen LogP contribution is -2.44. The molecule has 1 aromatic carbocycles. The van der Waals surface area contributed by atoms with E-state index in [2.05, 4.69) is 15.1 Å². The van der Waals surface area contributed by atoms with E-state index < -0.39 is 4.76 Å². The first-order valence-corrected chi connectivity index (χ1v) is 7.17. The summed E-state index contributed by atoms with van der Waals surface area (Å²) in [5.41, 5.74) is 5.85. The van der Waals surface area contributed by atoms with Crippen LogP contribution < -0.4 is 15.3 Å². The van der Waals surface area contributed by atoms with Gasteiger partial charge in [0.25, 0.3) is 6.34 Å². The van der Waals surface area contributed by atoms with Gasteiger partial charge in [0, 0.05) is 6.07 Å². The first-order valence-electron chi connectivity index (χ1n) is 7.17. The number of aliphatic imine (C=N–C) groups is 2. The molecule has 2 aromatic rings. The van der Waals surface area contributed by atoms with Crippen LogP contribution in [0.2, 0.25) is 0 Å². The molecule has 0 radical (unpaired) electrons. The molecule has 2 aliphatic rings. The fraction of sp³-hybridized carbons (Fsp3) is 0.0625. The van der Waals surface area contributed by atoms with Crippen LogP contribution in [0.25, 0.3) is 0 Å². The predicted molar refractivity (Wildman–Crippen MR) is 87.3 cm³/mol. The number of ether oxygens (including phenoxy) is 1. The molecule has 4 rings (SSSR count). The van der Waals surface area contributed by atoms with Crippen LogP contribution in [0.3, 0.4) is 0 Å². The molecular formula is C16H14N5O3+. The number of hydrogen-bond acceptors (Lipinski definition) is 7. The molecule has 0 spiro atoms. The smallest absolute Gasteiger partial charge is 0.310 e. The van der Waals surface area contributed by atoms with Gasteiger partial charge in [0.2, 0.25) is 5.84 Å².